The van der Waals surface area contributed by atoms with Crippen LogP contribution < -0.4 is 11.1 Å². The summed E-state index contributed by atoms with van der Waals surface area (Å²) in [7, 11) is 0. The minimum absolute atomic E-state index is 0.265. The molecule has 6 nitrogen and oxygen atoms in total. The zero-order valence-electron chi connectivity index (χ0n) is 11.2. The summed E-state index contributed by atoms with van der Waals surface area (Å²) >= 11 is 0.303. The number of hydrogen-bond acceptors (Lipinski definition) is 7. The molecule has 0 spiro atoms. The molecule has 3 N–H and O–H groups in total. The van der Waals surface area contributed by atoms with E-state index in [-0.39, 0.29) is 11.5 Å². The lowest BCUT2D eigenvalue weighted by Gasteiger charge is -2.17. The number of nitrogen functional groups attached to an aromatic ring is 1. The van der Waals surface area contributed by atoms with Gasteiger partial charge in [-0.15, -0.1) is 11.3 Å². The van der Waals surface area contributed by atoms with Gasteiger partial charge < -0.3 is 11.1 Å². The normalized spacial score (nSPS) is 13.9. The molecule has 0 aliphatic heterocycles. The summed E-state index contributed by atoms with van der Waals surface area (Å²) in [5.41, 5.74) is 5.08. The number of hydrogen-bond donors (Lipinski definition) is 2. The van der Waals surface area contributed by atoms with Gasteiger partial charge in [0, 0.05) is 5.38 Å². The molecule has 0 radical (unpaired) electrons. The summed E-state index contributed by atoms with van der Waals surface area (Å²) in [6.07, 6.45) is -9.21. The second-order valence-corrected chi connectivity index (χ2v) is 5.14. The van der Waals surface area contributed by atoms with Gasteiger partial charge in [-0.1, -0.05) is 0 Å². The Morgan fingerprint density at radius 3 is 2.26 bits per heavy atom. The van der Waals surface area contributed by atoms with Crippen LogP contribution >= 0.6 is 11.3 Å². The first-order valence-electron chi connectivity index (χ1n) is 5.84. The maximum atomic E-state index is 12.5. The lowest BCUT2D eigenvalue weighted by atomic mass is 10.3. The Hall–Kier alpha value is -2.18. The number of nitrogens with two attached hydrogens (primary N) is 1. The fourth-order valence-corrected chi connectivity index (χ4v) is 2.02. The molecule has 0 amide bonds. The summed E-state index contributed by atoms with van der Waals surface area (Å²) in [6, 6.07) is -1.99. The van der Waals surface area contributed by atoms with E-state index in [9.17, 15) is 26.3 Å². The topological polar surface area (TPSA) is 89.6 Å². The first-order valence-corrected chi connectivity index (χ1v) is 6.72. The fourth-order valence-electron chi connectivity index (χ4n) is 1.35. The van der Waals surface area contributed by atoms with Gasteiger partial charge in [0.15, 0.2) is 10.8 Å². The van der Waals surface area contributed by atoms with E-state index < -0.39 is 35.3 Å². The molecule has 0 aliphatic rings. The first-order chi connectivity index (χ1) is 10.5. The lowest BCUT2D eigenvalue weighted by Crippen LogP contribution is -2.34. The van der Waals surface area contributed by atoms with Crippen molar-refractivity contribution >= 4 is 23.2 Å². The smallest absolute Gasteiger partial charge is 0.368 e. The van der Waals surface area contributed by atoms with E-state index in [0.29, 0.717) is 11.3 Å². The van der Waals surface area contributed by atoms with Gasteiger partial charge in [0.25, 0.3) is 0 Å². The summed E-state index contributed by atoms with van der Waals surface area (Å²) in [5.74, 6) is -1.33. The van der Waals surface area contributed by atoms with Gasteiger partial charge in [0.05, 0.1) is 0 Å². The van der Waals surface area contributed by atoms with Crippen molar-refractivity contribution < 1.29 is 26.3 Å². The van der Waals surface area contributed by atoms with Gasteiger partial charge in [-0.05, 0) is 6.92 Å². The molecule has 13 heteroatoms. The Kier molecular flexibility index (Phi) is 4.32. The van der Waals surface area contributed by atoms with Gasteiger partial charge >= 0.3 is 12.4 Å². The van der Waals surface area contributed by atoms with Gasteiger partial charge in [-0.3, -0.25) is 0 Å². The van der Waals surface area contributed by atoms with Crippen LogP contribution in [0, 0.1) is 0 Å². The second-order valence-electron chi connectivity index (χ2n) is 4.28. The van der Waals surface area contributed by atoms with Crippen LogP contribution in [0.25, 0.3) is 11.5 Å². The Bertz CT molecular complexity index is 696. The Labute approximate surface area is 128 Å². The number of anilines is 2. The molecule has 2 rings (SSSR count). The third-order valence-corrected chi connectivity index (χ3v) is 3.35. The summed E-state index contributed by atoms with van der Waals surface area (Å²) in [5, 5.41) is 1.84. The molecule has 23 heavy (non-hydrogen) atoms. The number of halogens is 6. The predicted octanol–water partition coefficient (Wildman–Crippen LogP) is 2.96. The average molecular weight is 358 g/mol. The lowest BCUT2D eigenvalue weighted by molar-refractivity contribution is -0.139. The van der Waals surface area contributed by atoms with Crippen molar-refractivity contribution in [1.29, 1.82) is 0 Å². The quantitative estimate of drug-likeness (QED) is 0.820. The molecular weight excluding hydrogens is 350 g/mol. The van der Waals surface area contributed by atoms with Crippen LogP contribution in [0.5, 0.6) is 0 Å². The maximum Gasteiger partial charge on any atom is 0.443 e. The van der Waals surface area contributed by atoms with Crippen LogP contribution in [0.1, 0.15) is 11.9 Å². The first kappa shape index (κ1) is 17.2. The largest absolute Gasteiger partial charge is 0.443 e. The highest BCUT2D eigenvalue weighted by Gasteiger charge is 2.37. The van der Waals surface area contributed by atoms with E-state index in [1.54, 1.807) is 0 Å². The molecule has 0 aliphatic carbocycles. The van der Waals surface area contributed by atoms with E-state index in [0.717, 1.165) is 12.3 Å². The van der Waals surface area contributed by atoms with E-state index in [1.807, 2.05) is 5.32 Å². The molecule has 0 saturated carbocycles. The van der Waals surface area contributed by atoms with Crippen molar-refractivity contribution in [2.45, 2.75) is 25.3 Å². The van der Waals surface area contributed by atoms with E-state index in [4.69, 9.17) is 5.73 Å². The van der Waals surface area contributed by atoms with Crippen molar-refractivity contribution in [1.82, 2.24) is 19.9 Å². The van der Waals surface area contributed by atoms with Crippen LogP contribution in [0.3, 0.4) is 0 Å². The third-order valence-electron chi connectivity index (χ3n) is 2.47. The Morgan fingerprint density at radius 1 is 1.09 bits per heavy atom. The highest BCUT2D eigenvalue weighted by Crippen LogP contribution is 2.33. The molecule has 1 atom stereocenters. The molecule has 0 bridgehead atoms. The van der Waals surface area contributed by atoms with Crippen molar-refractivity contribution in [3.63, 3.8) is 0 Å². The molecule has 0 fully saturated rings. The second kappa shape index (κ2) is 5.79. The summed E-state index contributed by atoms with van der Waals surface area (Å²) < 4.78 is 75.0. The van der Waals surface area contributed by atoms with Gasteiger partial charge in [0.2, 0.25) is 11.9 Å². The maximum absolute atomic E-state index is 12.5. The predicted molar refractivity (Wildman–Crippen MR) is 69.5 cm³/mol. The van der Waals surface area contributed by atoms with Gasteiger partial charge in [-0.2, -0.15) is 41.3 Å². The standard InChI is InChI=1S/C10H8F6N6S/c1-3(9(11,12)13)18-8-21-5(20-7(17)22-8)4-2-23-6(19-4)10(14,15)16/h2-3H,1H3,(H3,17,18,20,21,22). The van der Waals surface area contributed by atoms with Crippen LogP contribution in [-0.4, -0.2) is 32.2 Å². The molecule has 2 heterocycles. The highest BCUT2D eigenvalue weighted by atomic mass is 32.1. The molecule has 2 aromatic heterocycles. The molecule has 0 saturated heterocycles. The van der Waals surface area contributed by atoms with E-state index in [2.05, 4.69) is 19.9 Å². The van der Waals surface area contributed by atoms with Crippen molar-refractivity contribution in [2.75, 3.05) is 11.1 Å². The molecule has 1 unspecified atom stereocenters. The Morgan fingerprint density at radius 2 is 1.74 bits per heavy atom. The van der Waals surface area contributed by atoms with Crippen LogP contribution in [0.15, 0.2) is 5.38 Å². The molecule has 2 aromatic rings. The van der Waals surface area contributed by atoms with Crippen molar-refractivity contribution in [3.8, 4) is 11.5 Å². The number of alkyl halides is 6. The van der Waals surface area contributed by atoms with Gasteiger partial charge in [-0.25, -0.2) is 4.98 Å². The SMILES string of the molecule is CC(Nc1nc(N)nc(-c2csc(C(F)(F)F)n2)n1)C(F)(F)F. The van der Waals surface area contributed by atoms with E-state index in [1.165, 1.54) is 0 Å². The van der Waals surface area contributed by atoms with Crippen molar-refractivity contribution in [3.05, 3.63) is 10.4 Å². The number of thiazole rings is 1. The zero-order chi connectivity index (χ0) is 17.4. The minimum atomic E-state index is -4.65. The summed E-state index contributed by atoms with van der Waals surface area (Å²) in [4.78, 5) is 14.0. The number of nitrogens with zero attached hydrogens (tertiary/aromatic N) is 4. The van der Waals surface area contributed by atoms with Crippen LogP contribution in [0.4, 0.5) is 38.2 Å². The molecular formula is C10H8F6N6S. The zero-order valence-corrected chi connectivity index (χ0v) is 12.0. The Balaban J connectivity index is 2.32. The number of aromatic nitrogens is 4. The van der Waals surface area contributed by atoms with Crippen LogP contribution in [-0.2, 0) is 6.18 Å². The van der Waals surface area contributed by atoms with E-state index >= 15 is 0 Å². The molecule has 0 aromatic carbocycles. The van der Waals surface area contributed by atoms with Crippen LogP contribution in [0.2, 0.25) is 0 Å². The average Bonchev–Trinajstić information content (AvgIpc) is 2.86. The highest BCUT2D eigenvalue weighted by molar-refractivity contribution is 7.10. The minimum Gasteiger partial charge on any atom is -0.368 e. The monoisotopic (exact) mass is 358 g/mol. The number of rotatable bonds is 3. The van der Waals surface area contributed by atoms with Crippen molar-refractivity contribution in [2.24, 2.45) is 0 Å². The molecule has 126 valence electrons. The third kappa shape index (κ3) is 4.18. The number of nitrogens with one attached hydrogen (secondary N) is 1. The fraction of sp³-hybridized carbons (Fsp3) is 0.400. The van der Waals surface area contributed by atoms with Gasteiger partial charge in [0.1, 0.15) is 11.7 Å². The summed E-state index contributed by atoms with van der Waals surface area (Å²) in [6.45, 7) is 0.824.